The maximum absolute atomic E-state index is 13.6. The molecule has 1 N–H and O–H groups in total. The number of benzene rings is 2. The maximum Gasteiger partial charge on any atom is 0.331 e. The minimum absolute atomic E-state index is 0.0464. The van der Waals surface area contributed by atoms with E-state index in [0.29, 0.717) is 24.5 Å². The number of morpholine rings is 1. The van der Waals surface area contributed by atoms with E-state index in [1.807, 2.05) is 0 Å². The maximum atomic E-state index is 13.6. The van der Waals surface area contributed by atoms with Crippen LogP contribution in [-0.4, -0.2) is 57.5 Å². The molecule has 10 heteroatoms. The Hall–Kier alpha value is -3.08. The highest BCUT2D eigenvalue weighted by atomic mass is 32.2. The van der Waals surface area contributed by atoms with Crippen LogP contribution in [0.15, 0.2) is 53.4 Å². The normalized spacial score (nSPS) is 14.9. The van der Waals surface area contributed by atoms with E-state index in [4.69, 9.17) is 9.47 Å². The van der Waals surface area contributed by atoms with Crippen molar-refractivity contribution in [1.82, 2.24) is 4.31 Å². The monoisotopic (exact) mass is 462 g/mol. The molecule has 1 fully saturated rings. The lowest BCUT2D eigenvalue weighted by atomic mass is 10.2. The first kappa shape index (κ1) is 23.6. The van der Waals surface area contributed by atoms with E-state index >= 15 is 0 Å². The van der Waals surface area contributed by atoms with Crippen LogP contribution in [0.4, 0.5) is 10.1 Å². The average Bonchev–Trinajstić information content (AvgIpc) is 2.79. The van der Waals surface area contributed by atoms with Gasteiger partial charge in [0.1, 0.15) is 5.82 Å². The van der Waals surface area contributed by atoms with Crippen LogP contribution in [0.25, 0.3) is 6.08 Å². The van der Waals surface area contributed by atoms with E-state index in [2.05, 4.69) is 5.32 Å². The van der Waals surface area contributed by atoms with Crippen LogP contribution in [0, 0.1) is 12.7 Å². The fraction of sp³-hybridized carbons (Fsp3) is 0.273. The molecule has 3 rings (SSSR count). The largest absolute Gasteiger partial charge is 0.452 e. The molecule has 0 aromatic heterocycles. The first-order valence-corrected chi connectivity index (χ1v) is 11.3. The molecule has 0 atom stereocenters. The zero-order chi connectivity index (χ0) is 23.1. The lowest BCUT2D eigenvalue weighted by molar-refractivity contribution is -0.142. The fourth-order valence-corrected chi connectivity index (χ4v) is 4.41. The lowest BCUT2D eigenvalue weighted by Gasteiger charge is -2.26. The van der Waals surface area contributed by atoms with Gasteiger partial charge in [-0.1, -0.05) is 24.3 Å². The summed E-state index contributed by atoms with van der Waals surface area (Å²) in [6.45, 7) is 2.30. The Morgan fingerprint density at radius 1 is 1.19 bits per heavy atom. The average molecular weight is 462 g/mol. The van der Waals surface area contributed by atoms with Crippen LogP contribution in [-0.2, 0) is 29.1 Å². The third-order valence-electron chi connectivity index (χ3n) is 4.74. The molecule has 0 bridgehead atoms. The molecule has 1 heterocycles. The zero-order valence-electron chi connectivity index (χ0n) is 17.4. The summed E-state index contributed by atoms with van der Waals surface area (Å²) in [5.74, 6) is -1.94. The Labute approximate surface area is 185 Å². The second kappa shape index (κ2) is 10.5. The van der Waals surface area contributed by atoms with Gasteiger partial charge in [-0.3, -0.25) is 4.79 Å². The third-order valence-corrected chi connectivity index (χ3v) is 6.64. The molecule has 0 aliphatic carbocycles. The molecule has 1 amide bonds. The van der Waals surface area contributed by atoms with Crippen LogP contribution < -0.4 is 5.32 Å². The Morgan fingerprint density at radius 2 is 1.91 bits per heavy atom. The van der Waals surface area contributed by atoms with Crippen molar-refractivity contribution in [3.63, 3.8) is 0 Å². The van der Waals surface area contributed by atoms with Gasteiger partial charge in [-0.25, -0.2) is 17.6 Å². The topological polar surface area (TPSA) is 102 Å². The molecule has 1 aliphatic rings. The number of sulfonamides is 1. The van der Waals surface area contributed by atoms with Crippen LogP contribution in [0.3, 0.4) is 0 Å². The summed E-state index contributed by atoms with van der Waals surface area (Å²) in [7, 11) is -3.72. The molecule has 2 aromatic rings. The molecule has 8 nitrogen and oxygen atoms in total. The summed E-state index contributed by atoms with van der Waals surface area (Å²) in [4.78, 5) is 24.1. The van der Waals surface area contributed by atoms with Gasteiger partial charge in [-0.2, -0.15) is 4.31 Å². The minimum Gasteiger partial charge on any atom is -0.452 e. The number of carbonyl (C=O) groups is 2. The highest BCUT2D eigenvalue weighted by Gasteiger charge is 2.27. The molecule has 0 radical (unpaired) electrons. The summed E-state index contributed by atoms with van der Waals surface area (Å²) in [6, 6.07) is 10.3. The van der Waals surface area contributed by atoms with Crippen molar-refractivity contribution in [3.8, 4) is 0 Å². The predicted octanol–water partition coefficient (Wildman–Crippen LogP) is 2.35. The van der Waals surface area contributed by atoms with Crippen molar-refractivity contribution in [2.45, 2.75) is 11.8 Å². The lowest BCUT2D eigenvalue weighted by Crippen LogP contribution is -2.40. The Bertz CT molecular complexity index is 1130. The van der Waals surface area contributed by atoms with Crippen LogP contribution >= 0.6 is 0 Å². The molecule has 1 saturated heterocycles. The number of halogens is 1. The van der Waals surface area contributed by atoms with Gasteiger partial charge in [0.2, 0.25) is 10.0 Å². The number of esters is 1. The summed E-state index contributed by atoms with van der Waals surface area (Å²) in [6.07, 6.45) is 2.27. The van der Waals surface area contributed by atoms with Crippen LogP contribution in [0.1, 0.15) is 11.1 Å². The van der Waals surface area contributed by atoms with E-state index < -0.39 is 34.3 Å². The second-order valence-electron chi connectivity index (χ2n) is 7.00. The Balaban J connectivity index is 1.60. The fourth-order valence-electron chi connectivity index (χ4n) is 2.97. The van der Waals surface area contributed by atoms with Gasteiger partial charge in [-0.05, 0) is 36.8 Å². The van der Waals surface area contributed by atoms with Crippen molar-refractivity contribution in [2.24, 2.45) is 0 Å². The number of aryl methyl sites for hydroxylation is 1. The summed E-state index contributed by atoms with van der Waals surface area (Å²) >= 11 is 0. The quantitative estimate of drug-likeness (QED) is 0.501. The Kier molecular flexibility index (Phi) is 7.73. The first-order valence-electron chi connectivity index (χ1n) is 9.85. The van der Waals surface area contributed by atoms with Gasteiger partial charge >= 0.3 is 5.97 Å². The van der Waals surface area contributed by atoms with E-state index in [0.717, 1.165) is 6.08 Å². The number of amides is 1. The second-order valence-corrected chi connectivity index (χ2v) is 8.94. The van der Waals surface area contributed by atoms with Gasteiger partial charge in [0.05, 0.1) is 18.1 Å². The van der Waals surface area contributed by atoms with Crippen LogP contribution in [0.5, 0.6) is 0 Å². The summed E-state index contributed by atoms with van der Waals surface area (Å²) in [5.41, 5.74) is 1.15. The van der Waals surface area contributed by atoms with Gasteiger partial charge in [0.25, 0.3) is 5.91 Å². The predicted molar refractivity (Wildman–Crippen MR) is 116 cm³/mol. The number of hydrogen-bond acceptors (Lipinski definition) is 6. The number of carbonyl (C=O) groups excluding carboxylic acids is 2. The molecule has 2 aromatic carbocycles. The van der Waals surface area contributed by atoms with Gasteiger partial charge in [0, 0.05) is 30.4 Å². The summed E-state index contributed by atoms with van der Waals surface area (Å²) in [5, 5.41) is 2.56. The van der Waals surface area contributed by atoms with E-state index in [1.165, 1.54) is 40.7 Å². The molecule has 0 spiro atoms. The number of ether oxygens (including phenoxy) is 2. The Morgan fingerprint density at radius 3 is 2.62 bits per heavy atom. The number of anilines is 1. The standard InChI is InChI=1S/C22H23FN2O6S/c1-16-6-8-18(32(28,29)25-10-12-30-13-11-25)14-20(16)24-21(26)15-31-22(27)9-7-17-4-2-3-5-19(17)23/h2-9,14H,10-13,15H2,1H3,(H,24,26)/b9-7+. The molecule has 1 aliphatic heterocycles. The third kappa shape index (κ3) is 6.00. The molecule has 0 saturated carbocycles. The van der Waals surface area contributed by atoms with Crippen molar-refractivity contribution >= 4 is 33.7 Å². The van der Waals surface area contributed by atoms with E-state index in [-0.39, 0.29) is 23.5 Å². The van der Waals surface area contributed by atoms with Gasteiger partial charge in [-0.15, -0.1) is 0 Å². The molecule has 170 valence electrons. The van der Waals surface area contributed by atoms with Crippen molar-refractivity contribution in [2.75, 3.05) is 38.2 Å². The highest BCUT2D eigenvalue weighted by molar-refractivity contribution is 7.89. The SMILES string of the molecule is Cc1ccc(S(=O)(=O)N2CCOCC2)cc1NC(=O)COC(=O)/C=C/c1ccccc1F. The van der Waals surface area contributed by atoms with E-state index in [1.54, 1.807) is 19.1 Å². The smallest absolute Gasteiger partial charge is 0.331 e. The number of hydrogen-bond donors (Lipinski definition) is 1. The number of rotatable bonds is 7. The van der Waals surface area contributed by atoms with Crippen molar-refractivity contribution in [3.05, 3.63) is 65.5 Å². The molecule has 32 heavy (non-hydrogen) atoms. The van der Waals surface area contributed by atoms with Crippen LogP contribution in [0.2, 0.25) is 0 Å². The van der Waals surface area contributed by atoms with Crippen molar-refractivity contribution in [1.29, 1.82) is 0 Å². The zero-order valence-corrected chi connectivity index (χ0v) is 18.2. The molecular weight excluding hydrogens is 439 g/mol. The number of nitrogens with one attached hydrogen (secondary N) is 1. The van der Waals surface area contributed by atoms with Crippen molar-refractivity contribution < 1.29 is 31.9 Å². The number of nitrogens with zero attached hydrogens (tertiary/aromatic N) is 1. The minimum atomic E-state index is -3.72. The van der Waals surface area contributed by atoms with Gasteiger partial charge in [0.15, 0.2) is 6.61 Å². The van der Waals surface area contributed by atoms with E-state index in [9.17, 15) is 22.4 Å². The van der Waals surface area contributed by atoms with Gasteiger partial charge < -0.3 is 14.8 Å². The molecule has 0 unspecified atom stereocenters. The molecular formula is C22H23FN2O6S. The highest BCUT2D eigenvalue weighted by Crippen LogP contribution is 2.23. The first-order chi connectivity index (χ1) is 15.3. The summed E-state index contributed by atoms with van der Waals surface area (Å²) < 4.78 is 50.6.